The molecule has 7 heteroatoms. The van der Waals surface area contributed by atoms with E-state index in [0.29, 0.717) is 30.2 Å². The molecule has 0 spiro atoms. The zero-order valence-corrected chi connectivity index (χ0v) is 17.9. The molecule has 30 heavy (non-hydrogen) atoms. The third-order valence-corrected chi connectivity index (χ3v) is 5.00. The summed E-state index contributed by atoms with van der Waals surface area (Å²) in [6.07, 6.45) is 10.4. The first-order chi connectivity index (χ1) is 14.5. The Morgan fingerprint density at radius 3 is 2.33 bits per heavy atom. The Bertz CT molecular complexity index is 1020. The van der Waals surface area contributed by atoms with Gasteiger partial charge in [-0.05, 0) is 43.7 Å². The summed E-state index contributed by atoms with van der Waals surface area (Å²) in [5.41, 5.74) is 11.8. The molecule has 1 aliphatic rings. The van der Waals surface area contributed by atoms with E-state index in [4.69, 9.17) is 27.9 Å². The molecule has 0 unspecified atom stereocenters. The molecule has 0 amide bonds. The van der Waals surface area contributed by atoms with Crippen molar-refractivity contribution >= 4 is 31.9 Å². The summed E-state index contributed by atoms with van der Waals surface area (Å²) in [6.45, 7) is 2.60. The lowest BCUT2D eigenvalue weighted by atomic mass is 10.0. The van der Waals surface area contributed by atoms with Crippen LogP contribution in [0.25, 0.3) is 17.7 Å². The van der Waals surface area contributed by atoms with Crippen LogP contribution in [-0.4, -0.2) is 51.5 Å². The fourth-order valence-corrected chi connectivity index (χ4v) is 3.53. The van der Waals surface area contributed by atoms with Crippen molar-refractivity contribution in [1.82, 2.24) is 4.98 Å². The molecule has 2 aromatic rings. The number of ether oxygens (including phenoxy) is 3. The Kier molecular flexibility index (Phi) is 6.85. The van der Waals surface area contributed by atoms with E-state index in [1.54, 1.807) is 25.8 Å². The fourth-order valence-electron chi connectivity index (χ4n) is 3.53. The summed E-state index contributed by atoms with van der Waals surface area (Å²) in [5.74, 6) is 2.01. The molecule has 3 rings (SSSR count). The van der Waals surface area contributed by atoms with Gasteiger partial charge in [0.25, 0.3) is 0 Å². The first-order valence-electron chi connectivity index (χ1n) is 9.69. The van der Waals surface area contributed by atoms with Gasteiger partial charge < -0.3 is 24.9 Å². The molecule has 1 aliphatic heterocycles. The van der Waals surface area contributed by atoms with Crippen LogP contribution < -0.4 is 19.9 Å². The van der Waals surface area contributed by atoms with E-state index in [9.17, 15) is 0 Å². The number of methoxy groups -OCH3 is 3. The Labute approximate surface area is 178 Å². The Morgan fingerprint density at radius 2 is 1.80 bits per heavy atom. The topological polar surface area (TPSA) is 72.5 Å². The molecule has 0 bridgehead atoms. The minimum Gasteiger partial charge on any atom is -0.496 e. The maximum atomic E-state index is 6.08. The van der Waals surface area contributed by atoms with Gasteiger partial charge in [-0.2, -0.15) is 0 Å². The molecule has 2 heterocycles. The number of nitrogens with one attached hydrogen (secondary N) is 1. The van der Waals surface area contributed by atoms with Crippen LogP contribution in [0.15, 0.2) is 36.0 Å². The second-order valence-electron chi connectivity index (χ2n) is 6.88. The number of benzene rings is 1. The lowest BCUT2D eigenvalue weighted by Crippen LogP contribution is -2.09. The van der Waals surface area contributed by atoms with E-state index >= 15 is 0 Å². The Hall–Kier alpha value is -3.19. The highest BCUT2D eigenvalue weighted by Gasteiger charge is 2.20. The number of aryl methyl sites for hydroxylation is 1. The van der Waals surface area contributed by atoms with Crippen LogP contribution in [0.2, 0.25) is 0 Å². The average Bonchev–Trinajstić information content (AvgIpc) is 3.34. The number of H-pyrrole nitrogens is 1. The first-order valence-corrected chi connectivity index (χ1v) is 9.69. The zero-order valence-electron chi connectivity index (χ0n) is 17.9. The smallest absolute Gasteiger partial charge is 0.496 e. The Balaban J connectivity index is 2.00. The number of hydrogen-bond donors (Lipinski definition) is 2. The van der Waals surface area contributed by atoms with E-state index < -0.39 is 0 Å². The van der Waals surface area contributed by atoms with Crippen molar-refractivity contribution in [3.05, 3.63) is 58.6 Å². The van der Waals surface area contributed by atoms with Crippen LogP contribution in [0, 0.1) is 6.92 Å². The average molecular weight is 404 g/mol. The SMILES string of the molecule is [B][N+]1=CC=CC1=C(CCN)c1[nH]c(/C=C/c2c(OC)cc(OC)cc2OC)cc1C. The molecular weight excluding hydrogens is 377 g/mol. The lowest BCUT2D eigenvalue weighted by Gasteiger charge is -2.12. The van der Waals surface area contributed by atoms with Crippen LogP contribution in [0.1, 0.15) is 28.9 Å². The highest BCUT2D eigenvalue weighted by atomic mass is 16.5. The van der Waals surface area contributed by atoms with Crippen molar-refractivity contribution in [3.8, 4) is 17.2 Å². The number of hydrogen-bond acceptors (Lipinski definition) is 4. The van der Waals surface area contributed by atoms with Crippen LogP contribution in [0.4, 0.5) is 0 Å². The summed E-state index contributed by atoms with van der Waals surface area (Å²) in [6, 6.07) is 5.75. The molecule has 6 nitrogen and oxygen atoms in total. The third-order valence-electron chi connectivity index (χ3n) is 5.00. The largest absolute Gasteiger partial charge is 0.586 e. The standard InChI is InChI=1S/C23H27BN3O3/c1-15-12-16(26-23(15)18(9-10-25)20-6-5-11-27(20)24)7-8-19-21(29-3)13-17(28-2)14-22(19)30-4/h5-8,11-14,26H,9-10,25H2,1-4H3/q+1/b8-7+. The van der Waals surface area contributed by atoms with E-state index in [1.165, 1.54) is 0 Å². The van der Waals surface area contributed by atoms with Gasteiger partial charge in [-0.1, -0.05) is 0 Å². The molecule has 2 radical (unpaired) electrons. The van der Waals surface area contributed by atoms with Gasteiger partial charge in [-0.3, -0.25) is 4.49 Å². The van der Waals surface area contributed by atoms with Crippen LogP contribution in [0.3, 0.4) is 0 Å². The predicted octanol–water partition coefficient (Wildman–Crippen LogP) is 3.32. The monoisotopic (exact) mass is 404 g/mol. The van der Waals surface area contributed by atoms with Crippen molar-refractivity contribution in [2.75, 3.05) is 27.9 Å². The lowest BCUT2D eigenvalue weighted by molar-refractivity contribution is -0.294. The summed E-state index contributed by atoms with van der Waals surface area (Å²) in [4.78, 5) is 3.50. The van der Waals surface area contributed by atoms with Crippen LogP contribution in [-0.2, 0) is 0 Å². The maximum Gasteiger partial charge on any atom is 0.586 e. The highest BCUT2D eigenvalue weighted by Crippen LogP contribution is 2.35. The second kappa shape index (κ2) is 9.54. The van der Waals surface area contributed by atoms with Gasteiger partial charge in [-0.25, -0.2) is 0 Å². The second-order valence-corrected chi connectivity index (χ2v) is 6.88. The van der Waals surface area contributed by atoms with Crippen molar-refractivity contribution in [2.45, 2.75) is 13.3 Å². The van der Waals surface area contributed by atoms with Gasteiger partial charge in [0.05, 0.1) is 32.6 Å². The molecule has 154 valence electrons. The molecule has 0 fully saturated rings. The van der Waals surface area contributed by atoms with Crippen LogP contribution >= 0.6 is 0 Å². The minimum atomic E-state index is 0.532. The number of rotatable bonds is 8. The number of aromatic amines is 1. The quantitative estimate of drug-likeness (QED) is 0.663. The summed E-state index contributed by atoms with van der Waals surface area (Å²) in [5, 5.41) is 0. The highest BCUT2D eigenvalue weighted by molar-refractivity contribution is 6.01. The normalized spacial score (nSPS) is 14.9. The molecule has 0 atom stereocenters. The molecule has 3 N–H and O–H groups in total. The molecule has 1 aromatic heterocycles. The van der Waals surface area contributed by atoms with Gasteiger partial charge in [0.15, 0.2) is 5.70 Å². The maximum absolute atomic E-state index is 6.08. The van der Waals surface area contributed by atoms with E-state index in [-0.39, 0.29) is 0 Å². The fraction of sp³-hybridized carbons (Fsp3) is 0.261. The van der Waals surface area contributed by atoms with Gasteiger partial charge in [0.1, 0.15) is 23.5 Å². The predicted molar refractivity (Wildman–Crippen MR) is 122 cm³/mol. The van der Waals surface area contributed by atoms with E-state index in [0.717, 1.165) is 33.8 Å². The number of nitrogens with zero attached hydrogens (tertiary/aromatic N) is 1. The van der Waals surface area contributed by atoms with Gasteiger partial charge in [-0.15, -0.1) is 0 Å². The van der Waals surface area contributed by atoms with Crippen molar-refractivity contribution in [2.24, 2.45) is 5.73 Å². The van der Waals surface area contributed by atoms with Gasteiger partial charge in [0, 0.05) is 35.6 Å². The molecular formula is C23H27BN3O3+. The van der Waals surface area contributed by atoms with Gasteiger partial charge >= 0.3 is 7.98 Å². The number of allylic oxidation sites excluding steroid dienone is 2. The van der Waals surface area contributed by atoms with E-state index in [1.807, 2.05) is 42.7 Å². The number of nitrogens with two attached hydrogens (primary N) is 1. The van der Waals surface area contributed by atoms with Crippen molar-refractivity contribution in [1.29, 1.82) is 0 Å². The minimum absolute atomic E-state index is 0.532. The van der Waals surface area contributed by atoms with Crippen LogP contribution in [0.5, 0.6) is 17.2 Å². The molecule has 1 aromatic carbocycles. The number of aromatic nitrogens is 1. The third kappa shape index (κ3) is 4.36. The first kappa shape index (κ1) is 21.5. The zero-order chi connectivity index (χ0) is 21.7. The summed E-state index contributed by atoms with van der Waals surface area (Å²) < 4.78 is 18.0. The molecule has 0 saturated heterocycles. The van der Waals surface area contributed by atoms with Crippen molar-refractivity contribution < 1.29 is 18.7 Å². The molecule has 0 saturated carbocycles. The summed E-state index contributed by atoms with van der Waals surface area (Å²) in [7, 11) is 10.9. The molecule has 0 aliphatic carbocycles. The summed E-state index contributed by atoms with van der Waals surface area (Å²) >= 11 is 0. The van der Waals surface area contributed by atoms with Crippen molar-refractivity contribution in [3.63, 3.8) is 0 Å². The Morgan fingerprint density at radius 1 is 1.10 bits per heavy atom. The van der Waals surface area contributed by atoms with E-state index in [2.05, 4.69) is 18.0 Å². The van der Waals surface area contributed by atoms with Gasteiger partial charge in [0.2, 0.25) is 0 Å².